The Hall–Kier alpha value is -1.05. The van der Waals surface area contributed by atoms with Gasteiger partial charge in [-0.05, 0) is 47.0 Å². The lowest BCUT2D eigenvalue weighted by Crippen LogP contribution is -2.39. The fourth-order valence-electron chi connectivity index (χ4n) is 2.02. The highest BCUT2D eigenvalue weighted by atomic mass is 79.9. The topological polar surface area (TPSA) is 75.6 Å². The molecule has 0 spiro atoms. The molecule has 1 fully saturated rings. The van der Waals surface area contributed by atoms with Gasteiger partial charge in [0.2, 0.25) is 5.91 Å². The van der Waals surface area contributed by atoms with Crippen molar-refractivity contribution in [1.82, 2.24) is 5.32 Å². The maximum absolute atomic E-state index is 11.9. The van der Waals surface area contributed by atoms with Crippen LogP contribution in [0.3, 0.4) is 0 Å². The van der Waals surface area contributed by atoms with Crippen LogP contribution in [0.25, 0.3) is 0 Å². The molecular weight excluding hydrogens is 358 g/mol. The highest BCUT2D eigenvalue weighted by Crippen LogP contribution is 2.25. The van der Waals surface area contributed by atoms with E-state index < -0.39 is 5.97 Å². The van der Waals surface area contributed by atoms with E-state index in [0.29, 0.717) is 17.7 Å². The van der Waals surface area contributed by atoms with Gasteiger partial charge >= 0.3 is 5.97 Å². The third kappa shape index (κ3) is 5.01. The molecule has 2 N–H and O–H groups in total. The summed E-state index contributed by atoms with van der Waals surface area (Å²) >= 11 is 4.53. The molecule has 114 valence electrons. The van der Waals surface area contributed by atoms with Crippen molar-refractivity contribution < 1.29 is 19.4 Å². The fraction of sp³-hybridized carbons (Fsp3) is 0.429. The number of carbonyl (C=O) groups excluding carboxylic acids is 1. The van der Waals surface area contributed by atoms with E-state index in [9.17, 15) is 9.59 Å². The number of hydrogen-bond donors (Lipinski definition) is 2. The third-order valence-corrected chi connectivity index (χ3v) is 4.81. The third-order valence-electron chi connectivity index (χ3n) is 3.12. The molecule has 2 rings (SSSR count). The Bertz CT molecular complexity index is 532. The maximum Gasteiger partial charge on any atom is 0.336 e. The first-order chi connectivity index (χ1) is 10.1. The lowest BCUT2D eigenvalue weighted by Gasteiger charge is -2.23. The summed E-state index contributed by atoms with van der Waals surface area (Å²) in [6.07, 6.45) is 1.69. The first kappa shape index (κ1) is 16.3. The van der Waals surface area contributed by atoms with Crippen LogP contribution in [0.15, 0.2) is 27.6 Å². The van der Waals surface area contributed by atoms with Crippen molar-refractivity contribution in [2.24, 2.45) is 0 Å². The molecule has 0 aliphatic carbocycles. The normalized spacial score (nSPS) is 15.7. The lowest BCUT2D eigenvalue weighted by atomic mass is 10.1. The zero-order valence-corrected chi connectivity index (χ0v) is 13.7. The molecule has 0 atom stereocenters. The van der Waals surface area contributed by atoms with Gasteiger partial charge in [-0.25, -0.2) is 4.79 Å². The summed E-state index contributed by atoms with van der Waals surface area (Å²) in [6, 6.07) is 5.23. The number of nitrogens with one attached hydrogen (secondary N) is 1. The summed E-state index contributed by atoms with van der Waals surface area (Å²) in [7, 11) is 0. The predicted octanol–water partition coefficient (Wildman–Crippen LogP) is 2.53. The minimum atomic E-state index is -0.990. The van der Waals surface area contributed by atoms with E-state index in [1.165, 1.54) is 11.8 Å². The molecule has 1 aromatic rings. The van der Waals surface area contributed by atoms with Gasteiger partial charge in [0.1, 0.15) is 0 Å². The van der Waals surface area contributed by atoms with E-state index in [2.05, 4.69) is 21.2 Å². The molecule has 1 aliphatic rings. The van der Waals surface area contributed by atoms with E-state index >= 15 is 0 Å². The molecule has 0 saturated carbocycles. The minimum absolute atomic E-state index is 0.0355. The molecule has 7 heteroatoms. The lowest BCUT2D eigenvalue weighted by molar-refractivity contribution is -0.119. The number of thioether (sulfide) groups is 1. The van der Waals surface area contributed by atoms with Gasteiger partial charge in [-0.3, -0.25) is 4.79 Å². The highest BCUT2D eigenvalue weighted by Gasteiger charge is 2.16. The van der Waals surface area contributed by atoms with Gasteiger partial charge in [0, 0.05) is 28.6 Å². The summed E-state index contributed by atoms with van der Waals surface area (Å²) < 4.78 is 5.77. The Morgan fingerprint density at radius 2 is 2.10 bits per heavy atom. The van der Waals surface area contributed by atoms with Crippen molar-refractivity contribution in [2.75, 3.05) is 19.0 Å². The number of aromatic carboxylic acids is 1. The van der Waals surface area contributed by atoms with E-state index in [4.69, 9.17) is 9.84 Å². The van der Waals surface area contributed by atoms with E-state index in [0.717, 1.165) is 17.7 Å². The molecular formula is C14H16BrNO4S. The SMILES string of the molecule is O=C(CSc1ccc(Br)c(C(=O)O)c1)NC1CCOCC1. The molecule has 0 unspecified atom stereocenters. The Morgan fingerprint density at radius 3 is 2.76 bits per heavy atom. The number of amides is 1. The molecule has 1 aromatic carbocycles. The van der Waals surface area contributed by atoms with Crippen molar-refractivity contribution in [3.8, 4) is 0 Å². The largest absolute Gasteiger partial charge is 0.478 e. The van der Waals surface area contributed by atoms with Crippen LogP contribution >= 0.6 is 27.7 Å². The number of ether oxygens (including phenoxy) is 1. The van der Waals surface area contributed by atoms with E-state index in [-0.39, 0.29) is 23.3 Å². The van der Waals surface area contributed by atoms with Crippen LogP contribution in [-0.2, 0) is 9.53 Å². The molecule has 5 nitrogen and oxygen atoms in total. The van der Waals surface area contributed by atoms with Gasteiger partial charge in [-0.1, -0.05) is 0 Å². The molecule has 21 heavy (non-hydrogen) atoms. The Kier molecular flexibility index (Phi) is 6.08. The average Bonchev–Trinajstić information content (AvgIpc) is 2.47. The number of carboxylic acid groups (broad SMARTS) is 1. The average molecular weight is 374 g/mol. The van der Waals surface area contributed by atoms with Gasteiger partial charge in [-0.2, -0.15) is 0 Å². The second-order valence-electron chi connectivity index (χ2n) is 4.69. The van der Waals surface area contributed by atoms with Crippen LogP contribution in [0.5, 0.6) is 0 Å². The van der Waals surface area contributed by atoms with Crippen molar-refractivity contribution >= 4 is 39.6 Å². The first-order valence-corrected chi connectivity index (χ1v) is 8.37. The Labute approximate surface area is 135 Å². The van der Waals surface area contributed by atoms with Crippen molar-refractivity contribution in [1.29, 1.82) is 0 Å². The maximum atomic E-state index is 11.9. The zero-order valence-electron chi connectivity index (χ0n) is 11.3. The van der Waals surface area contributed by atoms with Crippen molar-refractivity contribution in [2.45, 2.75) is 23.8 Å². The van der Waals surface area contributed by atoms with Gasteiger partial charge in [0.05, 0.1) is 11.3 Å². The van der Waals surface area contributed by atoms with Crippen LogP contribution in [0.4, 0.5) is 0 Å². The Morgan fingerprint density at radius 1 is 1.38 bits per heavy atom. The monoisotopic (exact) mass is 373 g/mol. The molecule has 1 amide bonds. The van der Waals surface area contributed by atoms with Crippen LogP contribution in [0.1, 0.15) is 23.2 Å². The summed E-state index contributed by atoms with van der Waals surface area (Å²) in [5, 5.41) is 12.0. The molecule has 1 aliphatic heterocycles. The first-order valence-electron chi connectivity index (χ1n) is 6.59. The summed E-state index contributed by atoms with van der Waals surface area (Å²) in [6.45, 7) is 1.37. The quantitative estimate of drug-likeness (QED) is 0.775. The van der Waals surface area contributed by atoms with Gasteiger partial charge < -0.3 is 15.2 Å². The van der Waals surface area contributed by atoms with Crippen molar-refractivity contribution in [3.63, 3.8) is 0 Å². The second kappa shape index (κ2) is 7.82. The number of hydrogen-bond acceptors (Lipinski definition) is 4. The number of halogens is 1. The number of rotatable bonds is 5. The molecule has 0 radical (unpaired) electrons. The van der Waals surface area contributed by atoms with Gasteiger partial charge in [0.25, 0.3) is 0 Å². The molecule has 1 saturated heterocycles. The molecule has 0 aromatic heterocycles. The minimum Gasteiger partial charge on any atom is -0.478 e. The number of carbonyl (C=O) groups is 2. The predicted molar refractivity (Wildman–Crippen MR) is 83.8 cm³/mol. The van der Waals surface area contributed by atoms with Gasteiger partial charge in [0.15, 0.2) is 0 Å². The second-order valence-corrected chi connectivity index (χ2v) is 6.59. The van der Waals surface area contributed by atoms with Crippen LogP contribution < -0.4 is 5.32 Å². The zero-order chi connectivity index (χ0) is 15.2. The smallest absolute Gasteiger partial charge is 0.336 e. The summed E-state index contributed by atoms with van der Waals surface area (Å²) in [5.41, 5.74) is 0.199. The van der Waals surface area contributed by atoms with Crippen LogP contribution in [-0.4, -0.2) is 42.0 Å². The van der Waals surface area contributed by atoms with E-state index in [1.54, 1.807) is 18.2 Å². The number of carboxylic acids is 1. The van der Waals surface area contributed by atoms with Crippen molar-refractivity contribution in [3.05, 3.63) is 28.2 Å². The van der Waals surface area contributed by atoms with Crippen LogP contribution in [0, 0.1) is 0 Å². The summed E-state index contributed by atoms with van der Waals surface area (Å²) in [4.78, 5) is 23.7. The standard InChI is InChI=1S/C14H16BrNO4S/c15-12-2-1-10(7-11(12)14(18)19)21-8-13(17)16-9-3-5-20-6-4-9/h1-2,7,9H,3-6,8H2,(H,16,17)(H,18,19). The van der Waals surface area contributed by atoms with Crippen LogP contribution in [0.2, 0.25) is 0 Å². The highest BCUT2D eigenvalue weighted by molar-refractivity contribution is 9.10. The molecule has 0 bridgehead atoms. The van der Waals surface area contributed by atoms with E-state index in [1.807, 2.05) is 0 Å². The Balaban J connectivity index is 1.86. The molecule has 1 heterocycles. The summed E-state index contributed by atoms with van der Waals surface area (Å²) in [5.74, 6) is -0.749. The fourth-order valence-corrected chi connectivity index (χ4v) is 3.18. The van der Waals surface area contributed by atoms with Gasteiger partial charge in [-0.15, -0.1) is 11.8 Å². The number of benzene rings is 1.